The van der Waals surface area contributed by atoms with Crippen molar-refractivity contribution in [2.45, 2.75) is 64.0 Å². The molecule has 0 aromatic carbocycles. The third kappa shape index (κ3) is 4.14. The molecule has 1 aliphatic heterocycles. The monoisotopic (exact) mass is 372 g/mol. The lowest BCUT2D eigenvalue weighted by Gasteiger charge is -2.11. The van der Waals surface area contributed by atoms with Gasteiger partial charge >= 0.3 is 0 Å². The molecule has 7 heteroatoms. The highest BCUT2D eigenvalue weighted by atomic mass is 16.5. The number of pyridine rings is 1. The minimum atomic E-state index is -0.0868. The summed E-state index contributed by atoms with van der Waals surface area (Å²) in [5.74, 6) is 0.356. The van der Waals surface area contributed by atoms with Gasteiger partial charge in [0.05, 0.1) is 23.1 Å². The lowest BCUT2D eigenvalue weighted by molar-refractivity contribution is 0.0757. The van der Waals surface area contributed by atoms with Crippen LogP contribution in [0.5, 0.6) is 0 Å². The standard InChI is InChI=1S/C20H28N4O3/c1-12(2)26-10-4-9-22-19(25)14-11-16(13-6-7-13)23-20-17(14)18(24-27-20)15-5-3-8-21-15/h11-13,15,21H,3-10H2,1-2H3,(H,22,25). The van der Waals surface area contributed by atoms with Gasteiger partial charge < -0.3 is 19.9 Å². The van der Waals surface area contributed by atoms with Gasteiger partial charge in [0.25, 0.3) is 11.6 Å². The minimum absolute atomic E-state index is 0.0868. The second kappa shape index (κ2) is 7.94. The van der Waals surface area contributed by atoms with Crippen molar-refractivity contribution in [3.8, 4) is 0 Å². The molecule has 1 saturated heterocycles. The Bertz CT molecular complexity index is 807. The number of hydrogen-bond donors (Lipinski definition) is 2. The maximum absolute atomic E-state index is 12.9. The van der Waals surface area contributed by atoms with E-state index < -0.39 is 0 Å². The zero-order valence-corrected chi connectivity index (χ0v) is 16.1. The molecule has 3 heterocycles. The summed E-state index contributed by atoms with van der Waals surface area (Å²) in [6.45, 7) is 6.20. The van der Waals surface area contributed by atoms with Crippen molar-refractivity contribution in [1.82, 2.24) is 20.8 Å². The van der Waals surface area contributed by atoms with E-state index in [1.165, 1.54) is 0 Å². The van der Waals surface area contributed by atoms with Crippen LogP contribution in [-0.4, -0.2) is 41.8 Å². The minimum Gasteiger partial charge on any atom is -0.379 e. The first-order valence-corrected chi connectivity index (χ1v) is 10.1. The van der Waals surface area contributed by atoms with Gasteiger partial charge in [-0.3, -0.25) is 4.79 Å². The molecule has 27 heavy (non-hydrogen) atoms. The molecular formula is C20H28N4O3. The van der Waals surface area contributed by atoms with Gasteiger partial charge in [0.15, 0.2) is 0 Å². The SMILES string of the molecule is CC(C)OCCCNC(=O)c1cc(C2CC2)nc2onc(C3CCCN3)c12. The number of nitrogens with one attached hydrogen (secondary N) is 2. The zero-order valence-electron chi connectivity index (χ0n) is 16.1. The van der Waals surface area contributed by atoms with Crippen molar-refractivity contribution in [2.24, 2.45) is 0 Å². The average molecular weight is 372 g/mol. The average Bonchev–Trinajstić information content (AvgIpc) is 3.19. The Hall–Kier alpha value is -1.99. The number of ether oxygens (including phenoxy) is 1. The van der Waals surface area contributed by atoms with Gasteiger partial charge in [-0.25, -0.2) is 4.98 Å². The highest BCUT2D eigenvalue weighted by Gasteiger charge is 2.31. The Morgan fingerprint density at radius 1 is 1.41 bits per heavy atom. The van der Waals surface area contributed by atoms with E-state index in [-0.39, 0.29) is 18.1 Å². The van der Waals surface area contributed by atoms with Crippen LogP contribution >= 0.6 is 0 Å². The van der Waals surface area contributed by atoms with Crippen LogP contribution in [0, 0.1) is 0 Å². The number of rotatable bonds is 8. The maximum atomic E-state index is 12.9. The molecule has 146 valence electrons. The third-order valence-corrected chi connectivity index (χ3v) is 5.18. The second-order valence-electron chi connectivity index (χ2n) is 7.79. The number of carbonyl (C=O) groups excluding carboxylic acids is 1. The van der Waals surface area contributed by atoms with E-state index in [4.69, 9.17) is 9.26 Å². The molecule has 1 unspecified atom stereocenters. The molecule has 1 amide bonds. The maximum Gasteiger partial charge on any atom is 0.259 e. The molecule has 0 spiro atoms. The van der Waals surface area contributed by atoms with Crippen molar-refractivity contribution in [1.29, 1.82) is 0 Å². The van der Waals surface area contributed by atoms with Gasteiger partial charge in [0, 0.05) is 24.8 Å². The lowest BCUT2D eigenvalue weighted by atomic mass is 10.0. The topological polar surface area (TPSA) is 89.3 Å². The quantitative estimate of drug-likeness (QED) is 0.692. The van der Waals surface area contributed by atoms with Crippen LogP contribution in [0.4, 0.5) is 0 Å². The zero-order chi connectivity index (χ0) is 18.8. The van der Waals surface area contributed by atoms with Gasteiger partial charge in [-0.1, -0.05) is 5.16 Å². The fourth-order valence-corrected chi connectivity index (χ4v) is 3.60. The fraction of sp³-hybridized carbons (Fsp3) is 0.650. The van der Waals surface area contributed by atoms with E-state index in [1.54, 1.807) is 0 Å². The van der Waals surface area contributed by atoms with Crippen molar-refractivity contribution in [3.63, 3.8) is 0 Å². The molecule has 4 rings (SSSR count). The summed E-state index contributed by atoms with van der Waals surface area (Å²) in [7, 11) is 0. The number of aromatic nitrogens is 2. The first-order valence-electron chi connectivity index (χ1n) is 10.1. The molecule has 2 aromatic heterocycles. The molecule has 0 radical (unpaired) electrons. The van der Waals surface area contributed by atoms with E-state index in [1.807, 2.05) is 19.9 Å². The van der Waals surface area contributed by atoms with Crippen LogP contribution in [0.1, 0.15) is 79.7 Å². The molecule has 2 aromatic rings. The Balaban J connectivity index is 1.56. The highest BCUT2D eigenvalue weighted by molar-refractivity contribution is 6.06. The number of carbonyl (C=O) groups is 1. The smallest absolute Gasteiger partial charge is 0.259 e. The molecule has 1 atom stereocenters. The van der Waals surface area contributed by atoms with Crippen molar-refractivity contribution in [3.05, 3.63) is 23.0 Å². The largest absolute Gasteiger partial charge is 0.379 e. The molecule has 7 nitrogen and oxygen atoms in total. The van der Waals surface area contributed by atoms with Gasteiger partial charge in [0.1, 0.15) is 5.69 Å². The number of fused-ring (bicyclic) bond motifs is 1. The van der Waals surface area contributed by atoms with Crippen molar-refractivity contribution >= 4 is 17.0 Å². The fourth-order valence-electron chi connectivity index (χ4n) is 3.60. The highest BCUT2D eigenvalue weighted by Crippen LogP contribution is 2.41. The number of hydrogen-bond acceptors (Lipinski definition) is 6. The predicted molar refractivity (Wildman–Crippen MR) is 102 cm³/mol. The van der Waals surface area contributed by atoms with Crippen LogP contribution in [0.2, 0.25) is 0 Å². The molecule has 1 saturated carbocycles. The van der Waals surface area contributed by atoms with Crippen LogP contribution in [0.3, 0.4) is 0 Å². The van der Waals surface area contributed by atoms with Crippen LogP contribution in [0.15, 0.2) is 10.6 Å². The summed E-state index contributed by atoms with van der Waals surface area (Å²) >= 11 is 0. The summed E-state index contributed by atoms with van der Waals surface area (Å²) < 4.78 is 11.1. The van der Waals surface area contributed by atoms with Crippen LogP contribution in [-0.2, 0) is 4.74 Å². The van der Waals surface area contributed by atoms with E-state index >= 15 is 0 Å². The number of amides is 1. The first-order chi connectivity index (χ1) is 13.1. The van der Waals surface area contributed by atoms with Gasteiger partial charge in [-0.2, -0.15) is 0 Å². The lowest BCUT2D eigenvalue weighted by Crippen LogP contribution is -2.26. The molecule has 1 aliphatic carbocycles. The summed E-state index contributed by atoms with van der Waals surface area (Å²) in [4.78, 5) is 17.6. The van der Waals surface area contributed by atoms with Crippen LogP contribution < -0.4 is 10.6 Å². The van der Waals surface area contributed by atoms with Gasteiger partial charge in [-0.15, -0.1) is 0 Å². The van der Waals surface area contributed by atoms with E-state index in [9.17, 15) is 4.79 Å². The normalized spacial score (nSPS) is 19.9. The second-order valence-corrected chi connectivity index (χ2v) is 7.79. The third-order valence-electron chi connectivity index (χ3n) is 5.18. The van der Waals surface area contributed by atoms with Gasteiger partial charge in [-0.05, 0) is 58.6 Å². The van der Waals surface area contributed by atoms with Crippen molar-refractivity contribution < 1.29 is 14.1 Å². The summed E-state index contributed by atoms with van der Waals surface area (Å²) in [6.07, 6.45) is 5.34. The van der Waals surface area contributed by atoms with E-state index in [0.29, 0.717) is 30.3 Å². The molecule has 2 N–H and O–H groups in total. The summed E-state index contributed by atoms with van der Waals surface area (Å²) in [5, 5.41) is 11.5. The Labute approximate surface area is 159 Å². The molecule has 2 fully saturated rings. The summed E-state index contributed by atoms with van der Waals surface area (Å²) in [5.41, 5.74) is 2.87. The van der Waals surface area contributed by atoms with Crippen LogP contribution in [0.25, 0.3) is 11.1 Å². The van der Waals surface area contributed by atoms with Crippen molar-refractivity contribution in [2.75, 3.05) is 19.7 Å². The molecule has 2 aliphatic rings. The molecular weight excluding hydrogens is 344 g/mol. The van der Waals surface area contributed by atoms with E-state index in [2.05, 4.69) is 20.8 Å². The van der Waals surface area contributed by atoms with Gasteiger partial charge in [0.2, 0.25) is 0 Å². The molecule has 0 bridgehead atoms. The number of nitrogens with zero attached hydrogens (tertiary/aromatic N) is 2. The predicted octanol–water partition coefficient (Wildman–Crippen LogP) is 3.07. The summed E-state index contributed by atoms with van der Waals surface area (Å²) in [6, 6.07) is 2.07. The Morgan fingerprint density at radius 3 is 2.96 bits per heavy atom. The van der Waals surface area contributed by atoms with E-state index in [0.717, 1.165) is 55.4 Å². The Morgan fingerprint density at radius 2 is 2.26 bits per heavy atom. The first kappa shape index (κ1) is 18.4. The Kier molecular flexibility index (Phi) is 5.41.